The Kier molecular flexibility index (Phi) is 5.12. The van der Waals surface area contributed by atoms with Gasteiger partial charge in [0.25, 0.3) is 0 Å². The Hall–Kier alpha value is -2.40. The van der Waals surface area contributed by atoms with Crippen LogP contribution in [0.2, 0.25) is 0 Å². The molecule has 0 spiro atoms. The minimum atomic E-state index is -0.821. The molecule has 0 aliphatic heterocycles. The van der Waals surface area contributed by atoms with Gasteiger partial charge >= 0.3 is 0 Å². The second kappa shape index (κ2) is 7.04. The Morgan fingerprint density at radius 2 is 1.59 bits per heavy atom. The van der Waals surface area contributed by atoms with Crippen LogP contribution in [0.1, 0.15) is 23.7 Å². The van der Waals surface area contributed by atoms with Crippen LogP contribution in [-0.2, 0) is 6.42 Å². The molecule has 118 valence electrons. The zero-order chi connectivity index (χ0) is 16.1. The first-order valence-corrected chi connectivity index (χ1v) is 6.95. The highest BCUT2D eigenvalue weighted by atomic mass is 16.5. The summed E-state index contributed by atoms with van der Waals surface area (Å²) in [6, 6.07) is 9.71. The highest BCUT2D eigenvalue weighted by Crippen LogP contribution is 2.31. The van der Waals surface area contributed by atoms with E-state index in [1.54, 1.807) is 20.3 Å². The van der Waals surface area contributed by atoms with Gasteiger partial charge in [-0.3, -0.25) is 0 Å². The normalized spacial score (nSPS) is 12.0. The van der Waals surface area contributed by atoms with Gasteiger partial charge in [0, 0.05) is 17.7 Å². The molecule has 0 aliphatic carbocycles. The first-order valence-electron chi connectivity index (χ1n) is 6.95. The minimum absolute atomic E-state index is 0.0361. The highest BCUT2D eigenvalue weighted by Gasteiger charge is 2.13. The first-order chi connectivity index (χ1) is 10.5. The van der Waals surface area contributed by atoms with Crippen molar-refractivity contribution < 1.29 is 24.8 Å². The third kappa shape index (κ3) is 3.83. The molecule has 0 saturated heterocycles. The van der Waals surface area contributed by atoms with Gasteiger partial charge in [-0.15, -0.1) is 0 Å². The van der Waals surface area contributed by atoms with E-state index in [-0.39, 0.29) is 11.5 Å². The fourth-order valence-electron chi connectivity index (χ4n) is 2.28. The van der Waals surface area contributed by atoms with Crippen LogP contribution in [0, 0.1) is 0 Å². The van der Waals surface area contributed by atoms with E-state index in [2.05, 4.69) is 0 Å². The lowest BCUT2D eigenvalue weighted by Gasteiger charge is -2.14. The summed E-state index contributed by atoms with van der Waals surface area (Å²) in [5.74, 6) is 1.23. The van der Waals surface area contributed by atoms with Crippen molar-refractivity contribution in [2.24, 2.45) is 0 Å². The van der Waals surface area contributed by atoms with Crippen LogP contribution in [0.5, 0.6) is 23.0 Å². The molecule has 0 aliphatic rings. The van der Waals surface area contributed by atoms with Crippen molar-refractivity contribution in [2.45, 2.75) is 18.9 Å². The average molecular weight is 304 g/mol. The van der Waals surface area contributed by atoms with Crippen LogP contribution in [-0.4, -0.2) is 29.5 Å². The number of benzene rings is 2. The Morgan fingerprint density at radius 1 is 0.955 bits per heavy atom. The lowest BCUT2D eigenvalue weighted by atomic mass is 10.00. The molecular formula is C17H20O5. The van der Waals surface area contributed by atoms with Gasteiger partial charge in [0.2, 0.25) is 0 Å². The number of rotatable bonds is 6. The number of hydrogen-bond acceptors (Lipinski definition) is 5. The lowest BCUT2D eigenvalue weighted by Crippen LogP contribution is -2.00. The summed E-state index contributed by atoms with van der Waals surface area (Å²) in [4.78, 5) is 0. The van der Waals surface area contributed by atoms with Gasteiger partial charge in [-0.25, -0.2) is 0 Å². The van der Waals surface area contributed by atoms with Crippen molar-refractivity contribution >= 4 is 0 Å². The highest BCUT2D eigenvalue weighted by molar-refractivity contribution is 5.41. The van der Waals surface area contributed by atoms with Gasteiger partial charge in [0.1, 0.15) is 23.0 Å². The first kappa shape index (κ1) is 16.0. The molecule has 3 N–H and O–H groups in total. The van der Waals surface area contributed by atoms with Crippen LogP contribution in [0.15, 0.2) is 36.4 Å². The molecule has 2 rings (SSSR count). The molecular weight excluding hydrogens is 284 g/mol. The van der Waals surface area contributed by atoms with Crippen molar-refractivity contribution in [3.05, 3.63) is 47.5 Å². The zero-order valence-electron chi connectivity index (χ0n) is 12.6. The number of phenolic OH excluding ortho intramolecular Hbond substituents is 2. The van der Waals surface area contributed by atoms with Crippen LogP contribution in [0.4, 0.5) is 0 Å². The van der Waals surface area contributed by atoms with Gasteiger partial charge in [0.05, 0.1) is 20.3 Å². The van der Waals surface area contributed by atoms with Crippen LogP contribution in [0.25, 0.3) is 0 Å². The van der Waals surface area contributed by atoms with Gasteiger partial charge < -0.3 is 24.8 Å². The van der Waals surface area contributed by atoms with Crippen LogP contribution in [0.3, 0.4) is 0 Å². The van der Waals surface area contributed by atoms with Crippen LogP contribution < -0.4 is 9.47 Å². The fraction of sp³-hybridized carbons (Fsp3) is 0.294. The third-order valence-electron chi connectivity index (χ3n) is 3.49. The lowest BCUT2D eigenvalue weighted by molar-refractivity contribution is 0.164. The van der Waals surface area contributed by atoms with Gasteiger partial charge in [-0.1, -0.05) is 0 Å². The van der Waals surface area contributed by atoms with Crippen molar-refractivity contribution in [2.75, 3.05) is 14.2 Å². The largest absolute Gasteiger partial charge is 0.508 e. The molecule has 0 fully saturated rings. The molecule has 0 bridgehead atoms. The number of aryl methyl sites for hydroxylation is 1. The number of aliphatic hydroxyl groups excluding tert-OH is 1. The fourth-order valence-corrected chi connectivity index (χ4v) is 2.28. The second-order valence-corrected chi connectivity index (χ2v) is 5.02. The Morgan fingerprint density at radius 3 is 2.14 bits per heavy atom. The molecule has 0 radical (unpaired) electrons. The quantitative estimate of drug-likeness (QED) is 0.765. The van der Waals surface area contributed by atoms with Gasteiger partial charge in [-0.2, -0.15) is 0 Å². The number of ether oxygens (including phenoxy) is 2. The minimum Gasteiger partial charge on any atom is -0.508 e. The summed E-state index contributed by atoms with van der Waals surface area (Å²) in [5.41, 5.74) is 1.36. The van der Waals surface area contributed by atoms with E-state index in [1.807, 2.05) is 12.1 Å². The standard InChI is InChI=1S/C17H20O5/c1-21-13-7-11(8-14(10-13)22-2)3-6-16(19)15-5-4-12(18)9-17(15)20/h4-5,7-10,16,18-20H,3,6H2,1-2H3. The number of aliphatic hydroxyl groups is 1. The summed E-state index contributed by atoms with van der Waals surface area (Å²) < 4.78 is 10.4. The van der Waals surface area contributed by atoms with Gasteiger partial charge in [0.15, 0.2) is 0 Å². The van der Waals surface area contributed by atoms with E-state index in [9.17, 15) is 15.3 Å². The van der Waals surface area contributed by atoms with E-state index in [0.717, 1.165) is 5.56 Å². The van der Waals surface area contributed by atoms with E-state index < -0.39 is 6.10 Å². The summed E-state index contributed by atoms with van der Waals surface area (Å²) in [6.07, 6.45) is 0.196. The van der Waals surface area contributed by atoms with Gasteiger partial charge in [-0.05, 0) is 42.7 Å². The van der Waals surface area contributed by atoms with E-state index in [4.69, 9.17) is 9.47 Å². The molecule has 22 heavy (non-hydrogen) atoms. The monoisotopic (exact) mass is 304 g/mol. The summed E-state index contributed by atoms with van der Waals surface area (Å²) in [5, 5.41) is 29.2. The molecule has 0 heterocycles. The zero-order valence-corrected chi connectivity index (χ0v) is 12.6. The molecule has 2 aromatic rings. The van der Waals surface area contributed by atoms with Crippen LogP contribution >= 0.6 is 0 Å². The third-order valence-corrected chi connectivity index (χ3v) is 3.49. The van der Waals surface area contributed by atoms with E-state index >= 15 is 0 Å². The predicted molar refractivity (Wildman–Crippen MR) is 82.6 cm³/mol. The number of methoxy groups -OCH3 is 2. The Balaban J connectivity index is 2.08. The molecule has 5 heteroatoms. The molecule has 2 aromatic carbocycles. The molecule has 0 saturated carbocycles. The Labute approximate surface area is 129 Å². The Bertz CT molecular complexity index is 617. The maximum atomic E-state index is 10.2. The summed E-state index contributed by atoms with van der Waals surface area (Å²) in [7, 11) is 3.17. The smallest absolute Gasteiger partial charge is 0.125 e. The molecule has 1 atom stereocenters. The molecule has 1 unspecified atom stereocenters. The number of phenols is 2. The molecule has 0 amide bonds. The maximum absolute atomic E-state index is 10.2. The molecule has 0 aromatic heterocycles. The predicted octanol–water partition coefficient (Wildman–Crippen LogP) is 2.78. The molecule has 5 nitrogen and oxygen atoms in total. The maximum Gasteiger partial charge on any atom is 0.125 e. The number of aromatic hydroxyl groups is 2. The van der Waals surface area contributed by atoms with Crippen molar-refractivity contribution in [3.63, 3.8) is 0 Å². The summed E-state index contributed by atoms with van der Waals surface area (Å²) >= 11 is 0. The average Bonchev–Trinajstić information content (AvgIpc) is 2.52. The SMILES string of the molecule is COc1cc(CCC(O)c2ccc(O)cc2O)cc(OC)c1. The van der Waals surface area contributed by atoms with E-state index in [0.29, 0.717) is 29.9 Å². The van der Waals surface area contributed by atoms with Crippen molar-refractivity contribution in [1.82, 2.24) is 0 Å². The number of hydrogen-bond donors (Lipinski definition) is 3. The van der Waals surface area contributed by atoms with Crippen molar-refractivity contribution in [3.8, 4) is 23.0 Å². The van der Waals surface area contributed by atoms with Crippen molar-refractivity contribution in [1.29, 1.82) is 0 Å². The second-order valence-electron chi connectivity index (χ2n) is 5.02. The summed E-state index contributed by atoms with van der Waals surface area (Å²) in [6.45, 7) is 0. The van der Waals surface area contributed by atoms with E-state index in [1.165, 1.54) is 18.2 Å². The topological polar surface area (TPSA) is 79.2 Å².